The van der Waals surface area contributed by atoms with Crippen LogP contribution in [0, 0.1) is 6.92 Å². The van der Waals surface area contributed by atoms with Crippen molar-refractivity contribution in [3.05, 3.63) is 51.8 Å². The number of aryl methyl sites for hydroxylation is 1. The Morgan fingerprint density at radius 2 is 2.00 bits per heavy atom. The predicted octanol–water partition coefficient (Wildman–Crippen LogP) is 2.28. The molecule has 0 fully saturated rings. The number of rotatable bonds is 9. The van der Waals surface area contributed by atoms with E-state index in [0.717, 1.165) is 48.0 Å². The summed E-state index contributed by atoms with van der Waals surface area (Å²) in [5, 5.41) is 9.92. The molecule has 0 aliphatic rings. The molecule has 0 saturated heterocycles. The lowest BCUT2D eigenvalue weighted by Crippen LogP contribution is -3.06. The summed E-state index contributed by atoms with van der Waals surface area (Å²) in [6, 6.07) is 5.80. The number of quaternary nitrogens is 1. The first-order chi connectivity index (χ1) is 13.9. The third-order valence-electron chi connectivity index (χ3n) is 5.11. The van der Waals surface area contributed by atoms with E-state index >= 15 is 0 Å². The van der Waals surface area contributed by atoms with E-state index in [-0.39, 0.29) is 5.56 Å². The summed E-state index contributed by atoms with van der Waals surface area (Å²) >= 11 is 1.60. The van der Waals surface area contributed by atoms with Crippen molar-refractivity contribution in [1.29, 1.82) is 0 Å². The summed E-state index contributed by atoms with van der Waals surface area (Å²) in [6.45, 7) is 7.27. The molecule has 3 rings (SSSR count). The van der Waals surface area contributed by atoms with Gasteiger partial charge in [0.25, 0.3) is 5.56 Å². The maximum absolute atomic E-state index is 12.5. The van der Waals surface area contributed by atoms with Crippen LogP contribution in [0.15, 0.2) is 34.3 Å². The van der Waals surface area contributed by atoms with Crippen LogP contribution >= 0.6 is 11.8 Å². The van der Waals surface area contributed by atoms with Gasteiger partial charge in [0.2, 0.25) is 0 Å². The minimum absolute atomic E-state index is 0.0512. The third kappa shape index (κ3) is 4.87. The van der Waals surface area contributed by atoms with Gasteiger partial charge in [-0.1, -0.05) is 38.1 Å². The van der Waals surface area contributed by atoms with Crippen LogP contribution in [0.25, 0.3) is 5.65 Å². The highest BCUT2D eigenvalue weighted by Gasteiger charge is 2.24. The van der Waals surface area contributed by atoms with Gasteiger partial charge in [-0.15, -0.1) is 10.2 Å². The van der Waals surface area contributed by atoms with E-state index in [4.69, 9.17) is 0 Å². The second-order valence-corrected chi connectivity index (χ2v) is 8.64. The summed E-state index contributed by atoms with van der Waals surface area (Å²) in [6.07, 6.45) is 5.05. The highest BCUT2D eigenvalue weighted by atomic mass is 32.2. The van der Waals surface area contributed by atoms with E-state index in [0.29, 0.717) is 17.4 Å². The molecule has 1 atom stereocenters. The molecule has 0 aliphatic carbocycles. The topological polar surface area (TPSA) is 69.5 Å². The highest BCUT2D eigenvalue weighted by molar-refractivity contribution is 7.98. The van der Waals surface area contributed by atoms with Gasteiger partial charge in [-0.25, -0.2) is 4.98 Å². The van der Waals surface area contributed by atoms with Crippen LogP contribution in [0.5, 0.6) is 0 Å². The van der Waals surface area contributed by atoms with Crippen LogP contribution in [0.3, 0.4) is 0 Å². The molecule has 0 bridgehead atoms. The van der Waals surface area contributed by atoms with Crippen molar-refractivity contribution >= 4 is 17.4 Å². The molecule has 8 heteroatoms. The maximum Gasteiger partial charge on any atom is 0.258 e. The molecule has 3 aromatic heterocycles. The van der Waals surface area contributed by atoms with Gasteiger partial charge in [-0.05, 0) is 25.0 Å². The average molecular weight is 416 g/mol. The van der Waals surface area contributed by atoms with E-state index in [9.17, 15) is 4.79 Å². The standard InChI is InChI=1S/C21H30N6OS/c1-6-8-11-26-20(17(7-2)25(4)5)23-24-21(26)29-14-16-12-19(28)27-13-15(3)9-10-18(27)22-16/h9-10,12-13,17H,6-8,11,14H2,1-5H3/p+1/t17-/m1/s1. The van der Waals surface area contributed by atoms with Crippen molar-refractivity contribution in [2.75, 3.05) is 14.1 Å². The SMILES string of the molecule is CCCCn1c(SCc2cc(=O)n3cc(C)ccc3n2)nnc1[C@@H](CC)[NH+](C)C. The minimum atomic E-state index is -0.0512. The largest absolute Gasteiger partial charge is 0.331 e. The van der Waals surface area contributed by atoms with Gasteiger partial charge < -0.3 is 9.47 Å². The van der Waals surface area contributed by atoms with Crippen molar-refractivity contribution in [2.45, 2.75) is 63.5 Å². The van der Waals surface area contributed by atoms with Gasteiger partial charge in [0.1, 0.15) is 11.7 Å². The third-order valence-corrected chi connectivity index (χ3v) is 6.11. The molecule has 0 amide bonds. The molecular formula is C21H31N6OS+. The van der Waals surface area contributed by atoms with Crippen LogP contribution < -0.4 is 10.5 Å². The zero-order valence-electron chi connectivity index (χ0n) is 18.0. The Kier molecular flexibility index (Phi) is 7.08. The van der Waals surface area contributed by atoms with Crippen molar-refractivity contribution in [2.24, 2.45) is 0 Å². The fourth-order valence-corrected chi connectivity index (χ4v) is 4.37. The molecule has 0 unspecified atom stereocenters. The molecule has 156 valence electrons. The number of thioether (sulfide) groups is 1. The average Bonchev–Trinajstić information content (AvgIpc) is 3.08. The number of unbranched alkanes of at least 4 members (excludes halogenated alkanes) is 1. The minimum Gasteiger partial charge on any atom is -0.331 e. The zero-order chi connectivity index (χ0) is 21.0. The summed E-state index contributed by atoms with van der Waals surface area (Å²) < 4.78 is 3.85. The van der Waals surface area contributed by atoms with Crippen LogP contribution in [0.1, 0.15) is 56.2 Å². The van der Waals surface area contributed by atoms with Crippen molar-refractivity contribution in [3.63, 3.8) is 0 Å². The first-order valence-corrected chi connectivity index (χ1v) is 11.3. The van der Waals surface area contributed by atoms with Gasteiger partial charge in [0, 0.05) is 31.0 Å². The molecule has 1 N–H and O–H groups in total. The molecule has 0 aliphatic heterocycles. The zero-order valence-corrected chi connectivity index (χ0v) is 18.8. The second kappa shape index (κ2) is 9.54. The molecule has 7 nitrogen and oxygen atoms in total. The Balaban J connectivity index is 1.86. The Bertz CT molecular complexity index is 1030. The summed E-state index contributed by atoms with van der Waals surface area (Å²) in [7, 11) is 4.32. The quantitative estimate of drug-likeness (QED) is 0.543. The highest BCUT2D eigenvalue weighted by Crippen LogP contribution is 2.24. The van der Waals surface area contributed by atoms with Crippen LogP contribution in [0.4, 0.5) is 0 Å². The summed E-state index contributed by atoms with van der Waals surface area (Å²) in [5.41, 5.74) is 2.42. The van der Waals surface area contributed by atoms with E-state index in [1.807, 2.05) is 25.3 Å². The van der Waals surface area contributed by atoms with Gasteiger partial charge in [-0.3, -0.25) is 9.20 Å². The van der Waals surface area contributed by atoms with Crippen molar-refractivity contribution in [1.82, 2.24) is 24.1 Å². The molecule has 29 heavy (non-hydrogen) atoms. The summed E-state index contributed by atoms with van der Waals surface area (Å²) in [5.74, 6) is 1.64. The lowest BCUT2D eigenvalue weighted by Gasteiger charge is -2.20. The fourth-order valence-electron chi connectivity index (χ4n) is 3.51. The van der Waals surface area contributed by atoms with Gasteiger partial charge in [0.15, 0.2) is 11.0 Å². The van der Waals surface area contributed by atoms with E-state index in [2.05, 4.69) is 47.7 Å². The van der Waals surface area contributed by atoms with Gasteiger partial charge >= 0.3 is 0 Å². The van der Waals surface area contributed by atoms with Crippen LogP contribution in [-0.4, -0.2) is 38.2 Å². The van der Waals surface area contributed by atoms with Crippen molar-refractivity contribution in [3.8, 4) is 0 Å². The number of aromatic nitrogens is 5. The number of pyridine rings is 1. The van der Waals surface area contributed by atoms with Crippen LogP contribution in [0.2, 0.25) is 0 Å². The van der Waals surface area contributed by atoms with Crippen LogP contribution in [-0.2, 0) is 12.3 Å². The fraction of sp³-hybridized carbons (Fsp3) is 0.524. The van der Waals surface area contributed by atoms with E-state index < -0.39 is 0 Å². The molecular weight excluding hydrogens is 384 g/mol. The first kappa shape index (κ1) is 21.5. The monoisotopic (exact) mass is 415 g/mol. The molecule has 0 aromatic carbocycles. The lowest BCUT2D eigenvalue weighted by atomic mass is 10.2. The molecule has 0 radical (unpaired) electrons. The molecule has 0 spiro atoms. The van der Waals surface area contributed by atoms with Gasteiger partial charge in [0.05, 0.1) is 19.8 Å². The number of hydrogen-bond acceptors (Lipinski definition) is 5. The predicted molar refractivity (Wildman–Crippen MR) is 117 cm³/mol. The number of fused-ring (bicyclic) bond motifs is 1. The summed E-state index contributed by atoms with van der Waals surface area (Å²) in [4.78, 5) is 18.5. The number of hydrogen-bond donors (Lipinski definition) is 1. The maximum atomic E-state index is 12.5. The van der Waals surface area contributed by atoms with Gasteiger partial charge in [-0.2, -0.15) is 0 Å². The molecule has 3 aromatic rings. The number of nitrogens with zero attached hydrogens (tertiary/aromatic N) is 5. The lowest BCUT2D eigenvalue weighted by molar-refractivity contribution is -0.893. The van der Waals surface area contributed by atoms with E-state index in [1.165, 1.54) is 4.90 Å². The Labute approximate surface area is 176 Å². The second-order valence-electron chi connectivity index (χ2n) is 7.69. The first-order valence-electron chi connectivity index (χ1n) is 10.3. The smallest absolute Gasteiger partial charge is 0.258 e. The molecule has 3 heterocycles. The number of nitrogens with one attached hydrogen (secondary N) is 1. The van der Waals surface area contributed by atoms with Crippen molar-refractivity contribution < 1.29 is 4.90 Å². The molecule has 0 saturated carbocycles. The Hall–Kier alpha value is -2.19. The van der Waals surface area contributed by atoms with E-state index in [1.54, 1.807) is 22.2 Å². The Morgan fingerprint density at radius 1 is 1.21 bits per heavy atom. The normalized spacial score (nSPS) is 12.8. The Morgan fingerprint density at radius 3 is 2.69 bits per heavy atom.